The fourth-order valence-corrected chi connectivity index (χ4v) is 6.21. The molecule has 1 aromatic heterocycles. The van der Waals surface area contributed by atoms with Crippen molar-refractivity contribution in [3.8, 4) is 0 Å². The number of benzene rings is 1. The molecule has 0 radical (unpaired) electrons. The molecule has 1 heterocycles. The normalized spacial score (nSPS) is 12.9. The molecule has 1 unspecified atom stereocenters. The lowest BCUT2D eigenvalue weighted by Crippen LogP contribution is -2.17. The number of pyridine rings is 1. The van der Waals surface area contributed by atoms with Crippen LogP contribution in [0.15, 0.2) is 42.6 Å². The van der Waals surface area contributed by atoms with Crippen LogP contribution in [0.3, 0.4) is 0 Å². The van der Waals surface area contributed by atoms with Crippen LogP contribution in [0, 0.1) is 5.92 Å². The maximum Gasteiger partial charge on any atom is 0.128 e. The summed E-state index contributed by atoms with van der Waals surface area (Å²) in [6, 6.07) is 11.4. The third-order valence-electron chi connectivity index (χ3n) is 6.56. The number of aryl methyl sites for hydroxylation is 3. The van der Waals surface area contributed by atoms with Crippen LogP contribution in [0.4, 0.5) is 5.82 Å². The summed E-state index contributed by atoms with van der Waals surface area (Å²) in [5.41, 5.74) is 5.37. The van der Waals surface area contributed by atoms with E-state index >= 15 is 0 Å². The lowest BCUT2D eigenvalue weighted by molar-refractivity contribution is 0.411. The molecule has 2 aromatic rings. The molecule has 0 saturated heterocycles. The van der Waals surface area contributed by atoms with Crippen molar-refractivity contribution >= 4 is 22.5 Å². The van der Waals surface area contributed by atoms with E-state index in [9.17, 15) is 0 Å². The number of thioether (sulfide) groups is 1. The molecule has 0 spiro atoms. The van der Waals surface area contributed by atoms with Gasteiger partial charge in [-0.05, 0) is 74.1 Å². The fourth-order valence-electron chi connectivity index (χ4n) is 4.68. The van der Waals surface area contributed by atoms with Crippen LogP contribution < -0.4 is 5.32 Å². The Morgan fingerprint density at radius 3 is 2.12 bits per heavy atom. The van der Waals surface area contributed by atoms with Gasteiger partial charge >= 0.3 is 0 Å². The Labute approximate surface area is 208 Å². The number of rotatable bonds is 15. The molecular weight excluding hydrogens is 420 g/mol. The Kier molecular flexibility index (Phi) is 12.7. The Balaban J connectivity index is 2.21. The minimum Gasteiger partial charge on any atom is -0.373 e. The van der Waals surface area contributed by atoms with Crippen LogP contribution in [-0.4, -0.2) is 17.3 Å². The number of hydrogen-bond donors (Lipinski definition) is 1. The van der Waals surface area contributed by atoms with Gasteiger partial charge in [-0.2, -0.15) is 0 Å². The van der Waals surface area contributed by atoms with Gasteiger partial charge in [-0.3, -0.25) is 0 Å². The summed E-state index contributed by atoms with van der Waals surface area (Å²) in [4.78, 5) is 6.19. The third kappa shape index (κ3) is 8.52. The highest BCUT2D eigenvalue weighted by atomic mass is 32.2. The van der Waals surface area contributed by atoms with E-state index < -0.39 is 0 Å². The number of aromatic nitrogens is 1. The minimum absolute atomic E-state index is 0.686. The molecule has 1 N–H and O–H groups in total. The Bertz CT molecular complexity index is 835. The minimum atomic E-state index is 0.686. The van der Waals surface area contributed by atoms with Gasteiger partial charge in [0.1, 0.15) is 5.82 Å². The van der Waals surface area contributed by atoms with Crippen molar-refractivity contribution in [2.75, 3.05) is 12.4 Å². The van der Waals surface area contributed by atoms with Crippen molar-refractivity contribution in [3.63, 3.8) is 0 Å². The molecule has 1 aromatic carbocycles. The van der Waals surface area contributed by atoms with E-state index in [4.69, 9.17) is 4.98 Å². The SMILES string of the molecule is C/C=C(\SC(CCC)C(CCC)CCC)c1cnc(NC)c(CCc2ccc(CC)cc2)c1. The van der Waals surface area contributed by atoms with E-state index in [-0.39, 0.29) is 0 Å². The van der Waals surface area contributed by atoms with Crippen molar-refractivity contribution in [2.24, 2.45) is 5.92 Å². The average Bonchev–Trinajstić information content (AvgIpc) is 2.85. The molecule has 0 bridgehead atoms. The quantitative estimate of drug-likeness (QED) is 0.283. The lowest BCUT2D eigenvalue weighted by atomic mass is 9.92. The van der Waals surface area contributed by atoms with E-state index in [2.05, 4.69) is 94.3 Å². The molecular formula is C30H46N2S. The highest BCUT2D eigenvalue weighted by Gasteiger charge is 2.22. The smallest absolute Gasteiger partial charge is 0.128 e. The van der Waals surface area contributed by atoms with Gasteiger partial charge in [-0.1, -0.05) is 77.3 Å². The number of anilines is 1. The lowest BCUT2D eigenvalue weighted by Gasteiger charge is -2.27. The number of allylic oxidation sites excluding steroid dienone is 1. The van der Waals surface area contributed by atoms with Crippen molar-refractivity contribution < 1.29 is 0 Å². The molecule has 33 heavy (non-hydrogen) atoms. The van der Waals surface area contributed by atoms with Gasteiger partial charge in [0.15, 0.2) is 0 Å². The highest BCUT2D eigenvalue weighted by molar-refractivity contribution is 8.08. The van der Waals surface area contributed by atoms with Crippen molar-refractivity contribution in [1.82, 2.24) is 4.98 Å². The zero-order chi connectivity index (χ0) is 24.1. The standard InChI is InChI=1S/C30H46N2S/c1-7-12-25(13-8-2)29(14-9-3)33-28(11-5)27-21-26(30(31-6)32-22-27)20-19-24-17-15-23(10-4)16-18-24/h11,15-18,21-22,25,29H,7-10,12-14,19-20H2,1-6H3,(H,31,32)/b28-11-. The van der Waals surface area contributed by atoms with Crippen LogP contribution in [0.2, 0.25) is 0 Å². The zero-order valence-electron chi connectivity index (χ0n) is 21.9. The van der Waals surface area contributed by atoms with Gasteiger partial charge in [-0.15, -0.1) is 11.8 Å². The second-order valence-electron chi connectivity index (χ2n) is 9.09. The molecule has 0 aliphatic heterocycles. The number of hydrogen-bond acceptors (Lipinski definition) is 3. The molecule has 1 atom stereocenters. The Morgan fingerprint density at radius 1 is 0.939 bits per heavy atom. The molecule has 0 saturated carbocycles. The predicted octanol–water partition coefficient (Wildman–Crippen LogP) is 8.95. The maximum atomic E-state index is 4.81. The Hall–Kier alpha value is -1.74. The molecule has 0 fully saturated rings. The van der Waals surface area contributed by atoms with E-state index in [1.165, 1.54) is 65.7 Å². The Morgan fingerprint density at radius 2 is 1.58 bits per heavy atom. The third-order valence-corrected chi connectivity index (χ3v) is 8.21. The molecule has 0 aliphatic carbocycles. The number of nitrogens with one attached hydrogen (secondary N) is 1. The van der Waals surface area contributed by atoms with Crippen molar-refractivity contribution in [2.45, 2.75) is 97.7 Å². The molecule has 0 aliphatic rings. The van der Waals surface area contributed by atoms with Crippen molar-refractivity contribution in [1.29, 1.82) is 0 Å². The van der Waals surface area contributed by atoms with Crippen LogP contribution in [-0.2, 0) is 19.3 Å². The summed E-state index contributed by atoms with van der Waals surface area (Å²) in [6.07, 6.45) is 15.2. The average molecular weight is 467 g/mol. The van der Waals surface area contributed by atoms with Gasteiger partial charge in [0.25, 0.3) is 0 Å². The predicted molar refractivity (Wildman–Crippen MR) is 150 cm³/mol. The summed E-state index contributed by atoms with van der Waals surface area (Å²) in [6.45, 7) is 11.4. The van der Waals surface area contributed by atoms with E-state index in [0.29, 0.717) is 5.25 Å². The van der Waals surface area contributed by atoms with Gasteiger partial charge in [0.2, 0.25) is 0 Å². The second kappa shape index (κ2) is 15.2. The first-order valence-corrected chi connectivity index (χ1v) is 14.1. The molecule has 2 nitrogen and oxygen atoms in total. The molecule has 2 rings (SSSR count). The molecule has 0 amide bonds. The summed E-state index contributed by atoms with van der Waals surface area (Å²) >= 11 is 2.10. The van der Waals surface area contributed by atoms with E-state index in [1.54, 1.807) is 0 Å². The monoisotopic (exact) mass is 466 g/mol. The maximum absolute atomic E-state index is 4.81. The summed E-state index contributed by atoms with van der Waals surface area (Å²) in [7, 11) is 1.98. The van der Waals surface area contributed by atoms with Gasteiger partial charge < -0.3 is 5.32 Å². The number of nitrogens with zero attached hydrogens (tertiary/aromatic N) is 1. The topological polar surface area (TPSA) is 24.9 Å². The first-order valence-electron chi connectivity index (χ1n) is 13.2. The van der Waals surface area contributed by atoms with Crippen LogP contribution >= 0.6 is 11.8 Å². The molecule has 182 valence electrons. The summed E-state index contributed by atoms with van der Waals surface area (Å²) < 4.78 is 0. The summed E-state index contributed by atoms with van der Waals surface area (Å²) in [5.74, 6) is 1.80. The first-order chi connectivity index (χ1) is 16.1. The zero-order valence-corrected chi connectivity index (χ0v) is 22.7. The molecule has 3 heteroatoms. The van der Waals surface area contributed by atoms with Gasteiger partial charge in [0, 0.05) is 29.0 Å². The first kappa shape index (κ1) is 27.5. The van der Waals surface area contributed by atoms with Gasteiger partial charge in [0.05, 0.1) is 0 Å². The largest absolute Gasteiger partial charge is 0.373 e. The second-order valence-corrected chi connectivity index (χ2v) is 10.4. The van der Waals surface area contributed by atoms with E-state index in [0.717, 1.165) is 31.0 Å². The highest BCUT2D eigenvalue weighted by Crippen LogP contribution is 2.40. The van der Waals surface area contributed by atoms with E-state index in [1.807, 2.05) is 7.05 Å². The van der Waals surface area contributed by atoms with Crippen LogP contribution in [0.5, 0.6) is 0 Å². The van der Waals surface area contributed by atoms with Crippen LogP contribution in [0.1, 0.15) is 95.4 Å². The van der Waals surface area contributed by atoms with Gasteiger partial charge in [-0.25, -0.2) is 4.98 Å². The summed E-state index contributed by atoms with van der Waals surface area (Å²) in [5, 5.41) is 4.00. The van der Waals surface area contributed by atoms with Crippen LogP contribution in [0.25, 0.3) is 4.91 Å². The fraction of sp³-hybridized carbons (Fsp3) is 0.567. The van der Waals surface area contributed by atoms with Crippen molar-refractivity contribution in [3.05, 3.63) is 64.9 Å².